The maximum atomic E-state index is 14.0. The van der Waals surface area contributed by atoms with Gasteiger partial charge in [-0.05, 0) is 17.7 Å². The lowest BCUT2D eigenvalue weighted by atomic mass is 10.1. The summed E-state index contributed by atoms with van der Waals surface area (Å²) in [6.45, 7) is 0.845. The molecule has 0 spiro atoms. The first kappa shape index (κ1) is 23.2. The Kier molecular flexibility index (Phi) is 7.01. The average Bonchev–Trinajstić information content (AvgIpc) is 3.08. The number of fused-ring (bicyclic) bond motifs is 1. The van der Waals surface area contributed by atoms with E-state index < -0.39 is 11.8 Å². The van der Waals surface area contributed by atoms with Crippen LogP contribution in [-0.2, 0) is 35.5 Å². The molecule has 1 aliphatic heterocycles. The first-order chi connectivity index (χ1) is 16.5. The number of methoxy groups -OCH3 is 1. The van der Waals surface area contributed by atoms with Crippen molar-refractivity contribution >= 4 is 11.9 Å². The Hall–Kier alpha value is -4.01. The molecule has 0 unspecified atom stereocenters. The van der Waals surface area contributed by atoms with E-state index in [2.05, 4.69) is 4.98 Å². The number of hydrogen-bond donors (Lipinski definition) is 0. The highest BCUT2D eigenvalue weighted by Gasteiger charge is 2.27. The molecule has 3 aromatic rings. The molecular formula is C25H24FN3O5. The minimum Gasteiger partial charge on any atom is -0.488 e. The van der Waals surface area contributed by atoms with Crippen molar-refractivity contribution in [2.24, 2.45) is 0 Å². The normalized spacial score (nSPS) is 13.1. The predicted molar refractivity (Wildman–Crippen MR) is 121 cm³/mol. The quantitative estimate of drug-likeness (QED) is 0.519. The topological polar surface area (TPSA) is 90.7 Å². The van der Waals surface area contributed by atoms with Crippen molar-refractivity contribution in [2.45, 2.75) is 26.0 Å². The van der Waals surface area contributed by atoms with Crippen molar-refractivity contribution in [3.63, 3.8) is 0 Å². The second-order valence-electron chi connectivity index (χ2n) is 7.86. The summed E-state index contributed by atoms with van der Waals surface area (Å²) in [7, 11) is 1.26. The Morgan fingerprint density at radius 2 is 1.94 bits per heavy atom. The lowest BCUT2D eigenvalue weighted by Crippen LogP contribution is -2.35. The molecule has 0 N–H and O–H groups in total. The maximum absolute atomic E-state index is 14.0. The van der Waals surface area contributed by atoms with Gasteiger partial charge >= 0.3 is 5.97 Å². The highest BCUT2D eigenvalue weighted by Crippen LogP contribution is 2.25. The number of hydrogen-bond acceptors (Lipinski definition) is 6. The number of pyridine rings is 2. The second kappa shape index (κ2) is 10.3. The summed E-state index contributed by atoms with van der Waals surface area (Å²) < 4.78 is 26.3. The number of rotatable bonds is 6. The first-order valence-corrected chi connectivity index (χ1v) is 10.9. The summed E-state index contributed by atoms with van der Waals surface area (Å²) in [6, 6.07) is 11.0. The molecule has 3 heterocycles. The van der Waals surface area contributed by atoms with Gasteiger partial charge in [-0.1, -0.05) is 24.3 Å². The fourth-order valence-electron chi connectivity index (χ4n) is 4.00. The molecule has 0 saturated carbocycles. The molecule has 1 amide bonds. The third-order valence-electron chi connectivity index (χ3n) is 5.75. The van der Waals surface area contributed by atoms with Gasteiger partial charge in [0, 0.05) is 55.8 Å². The SMILES string of the molecule is COC(=O)c1c(OCc2cccnc2)cc(=O)n2c1CCN(C(=O)Cc1ccccc1F)CC2. The third-order valence-corrected chi connectivity index (χ3v) is 5.75. The Morgan fingerprint density at radius 1 is 1.12 bits per heavy atom. The van der Waals surface area contributed by atoms with Gasteiger partial charge < -0.3 is 18.9 Å². The van der Waals surface area contributed by atoms with Crippen LogP contribution in [0.3, 0.4) is 0 Å². The Balaban J connectivity index is 1.59. The lowest BCUT2D eigenvalue weighted by molar-refractivity contribution is -0.130. The summed E-state index contributed by atoms with van der Waals surface area (Å²) in [4.78, 5) is 44.0. The Morgan fingerprint density at radius 3 is 2.68 bits per heavy atom. The van der Waals surface area contributed by atoms with Crippen LogP contribution in [0.15, 0.2) is 59.7 Å². The number of amides is 1. The molecule has 0 atom stereocenters. The van der Waals surface area contributed by atoms with E-state index in [1.165, 1.54) is 23.8 Å². The van der Waals surface area contributed by atoms with Crippen LogP contribution in [-0.4, -0.2) is 46.5 Å². The van der Waals surface area contributed by atoms with Crippen LogP contribution in [0.2, 0.25) is 0 Å². The smallest absolute Gasteiger partial charge is 0.343 e. The molecule has 1 aliphatic rings. The van der Waals surface area contributed by atoms with Crippen LogP contribution in [0.4, 0.5) is 4.39 Å². The number of esters is 1. The van der Waals surface area contributed by atoms with E-state index in [4.69, 9.17) is 9.47 Å². The molecule has 8 nitrogen and oxygen atoms in total. The number of halogens is 1. The molecule has 0 saturated heterocycles. The van der Waals surface area contributed by atoms with Crippen molar-refractivity contribution in [3.8, 4) is 5.75 Å². The molecule has 34 heavy (non-hydrogen) atoms. The van der Waals surface area contributed by atoms with Crippen LogP contribution in [0, 0.1) is 5.82 Å². The largest absolute Gasteiger partial charge is 0.488 e. The van der Waals surface area contributed by atoms with Gasteiger partial charge in [0.2, 0.25) is 5.91 Å². The van der Waals surface area contributed by atoms with Crippen LogP contribution < -0.4 is 10.3 Å². The van der Waals surface area contributed by atoms with E-state index in [-0.39, 0.29) is 61.9 Å². The maximum Gasteiger partial charge on any atom is 0.343 e. The molecule has 2 aromatic heterocycles. The van der Waals surface area contributed by atoms with Gasteiger partial charge in [-0.15, -0.1) is 0 Å². The summed E-state index contributed by atoms with van der Waals surface area (Å²) in [6.07, 6.45) is 3.43. The van der Waals surface area contributed by atoms with Gasteiger partial charge in [-0.3, -0.25) is 14.6 Å². The molecule has 1 aromatic carbocycles. The van der Waals surface area contributed by atoms with Crippen molar-refractivity contribution in [1.29, 1.82) is 0 Å². The Labute approximate surface area is 195 Å². The minimum absolute atomic E-state index is 0.0821. The van der Waals surface area contributed by atoms with E-state index in [0.29, 0.717) is 11.3 Å². The third kappa shape index (κ3) is 4.98. The van der Waals surface area contributed by atoms with Crippen molar-refractivity contribution in [2.75, 3.05) is 20.2 Å². The van der Waals surface area contributed by atoms with E-state index in [0.717, 1.165) is 5.56 Å². The van der Waals surface area contributed by atoms with Crippen LogP contribution in [0.5, 0.6) is 5.75 Å². The molecule has 0 aliphatic carbocycles. The zero-order valence-corrected chi connectivity index (χ0v) is 18.7. The standard InChI is InChI=1S/C25H24FN3O5/c1-33-25(32)24-20-8-10-28(22(30)13-18-6-2-3-7-19(18)26)11-12-29(20)23(31)14-21(24)34-16-17-5-4-9-27-15-17/h2-7,9,14-15H,8,10-13,16H2,1H3. The molecule has 0 bridgehead atoms. The first-order valence-electron chi connectivity index (χ1n) is 10.9. The molecular weight excluding hydrogens is 441 g/mol. The van der Waals surface area contributed by atoms with Crippen LogP contribution in [0.25, 0.3) is 0 Å². The molecule has 9 heteroatoms. The summed E-state index contributed by atoms with van der Waals surface area (Å²) in [5.74, 6) is -1.19. The molecule has 0 fully saturated rings. The van der Waals surface area contributed by atoms with Gasteiger partial charge in [0.15, 0.2) is 0 Å². The number of nitrogens with zero attached hydrogens (tertiary/aromatic N) is 3. The van der Waals surface area contributed by atoms with E-state index >= 15 is 0 Å². The predicted octanol–water partition coefficient (Wildman–Crippen LogP) is 2.38. The summed E-state index contributed by atoms with van der Waals surface area (Å²) >= 11 is 0. The highest BCUT2D eigenvalue weighted by molar-refractivity contribution is 5.93. The fraction of sp³-hybridized carbons (Fsp3) is 0.280. The highest BCUT2D eigenvalue weighted by atomic mass is 19.1. The van der Waals surface area contributed by atoms with Crippen molar-refractivity contribution in [1.82, 2.24) is 14.5 Å². The number of ether oxygens (including phenoxy) is 2. The van der Waals surface area contributed by atoms with E-state index in [9.17, 15) is 18.8 Å². The number of benzene rings is 1. The van der Waals surface area contributed by atoms with Crippen LogP contribution in [0.1, 0.15) is 27.2 Å². The fourth-order valence-corrected chi connectivity index (χ4v) is 4.00. The monoisotopic (exact) mass is 465 g/mol. The van der Waals surface area contributed by atoms with Gasteiger partial charge in [0.1, 0.15) is 23.7 Å². The number of aromatic nitrogens is 2. The zero-order valence-electron chi connectivity index (χ0n) is 18.7. The summed E-state index contributed by atoms with van der Waals surface area (Å²) in [5.41, 5.74) is 1.36. The van der Waals surface area contributed by atoms with Crippen LogP contribution >= 0.6 is 0 Å². The Bertz CT molecular complexity index is 1260. The lowest BCUT2D eigenvalue weighted by Gasteiger charge is -2.20. The number of carbonyl (C=O) groups is 2. The minimum atomic E-state index is -0.629. The second-order valence-corrected chi connectivity index (χ2v) is 7.86. The van der Waals surface area contributed by atoms with E-state index in [1.807, 2.05) is 6.07 Å². The molecule has 176 valence electrons. The molecule has 4 rings (SSSR count). The number of carbonyl (C=O) groups excluding carboxylic acids is 2. The van der Waals surface area contributed by atoms with E-state index in [1.54, 1.807) is 41.6 Å². The van der Waals surface area contributed by atoms with Gasteiger partial charge in [0.05, 0.1) is 13.5 Å². The van der Waals surface area contributed by atoms with Gasteiger partial charge in [-0.2, -0.15) is 0 Å². The van der Waals surface area contributed by atoms with Gasteiger partial charge in [-0.25, -0.2) is 9.18 Å². The summed E-state index contributed by atoms with van der Waals surface area (Å²) in [5, 5.41) is 0. The molecule has 0 radical (unpaired) electrons. The van der Waals surface area contributed by atoms with Crippen molar-refractivity contribution in [3.05, 3.63) is 93.4 Å². The van der Waals surface area contributed by atoms with Gasteiger partial charge in [0.25, 0.3) is 5.56 Å². The average molecular weight is 465 g/mol. The van der Waals surface area contributed by atoms with Crippen molar-refractivity contribution < 1.29 is 23.5 Å². The zero-order chi connectivity index (χ0) is 24.1.